The highest BCUT2D eigenvalue weighted by atomic mass is 15.2. The van der Waals surface area contributed by atoms with Crippen LogP contribution in [0.2, 0.25) is 0 Å². The van der Waals surface area contributed by atoms with Crippen molar-refractivity contribution in [3.8, 4) is 0 Å². The fourth-order valence-electron chi connectivity index (χ4n) is 1.24. The molecular weight excluding hydrogens is 112 g/mol. The number of nitrogens with one attached hydrogen (secondary N) is 1. The largest absolute Gasteiger partial charge is 0.314 e. The second-order valence-electron chi connectivity index (χ2n) is 2.55. The van der Waals surface area contributed by atoms with Gasteiger partial charge in [-0.3, -0.25) is 4.90 Å². The molecule has 1 fully saturated rings. The smallest absolute Gasteiger partial charge is 0.0224 e. The van der Waals surface area contributed by atoms with E-state index in [0.717, 1.165) is 19.6 Å². The molecule has 0 aliphatic carbocycles. The Morgan fingerprint density at radius 3 is 2.89 bits per heavy atom. The van der Waals surface area contributed by atoms with Crippen molar-refractivity contribution >= 4 is 0 Å². The van der Waals surface area contributed by atoms with E-state index in [2.05, 4.69) is 30.6 Å². The minimum atomic E-state index is 0.684. The first kappa shape index (κ1) is 7.03. The van der Waals surface area contributed by atoms with Crippen LogP contribution in [0.3, 0.4) is 0 Å². The van der Waals surface area contributed by atoms with Crippen molar-refractivity contribution in [3.05, 3.63) is 6.54 Å². The van der Waals surface area contributed by atoms with E-state index in [-0.39, 0.29) is 0 Å². The third-order valence-electron chi connectivity index (χ3n) is 1.88. The molecule has 2 heteroatoms. The fourth-order valence-corrected chi connectivity index (χ4v) is 1.24. The molecule has 0 amide bonds. The van der Waals surface area contributed by atoms with E-state index in [9.17, 15) is 0 Å². The summed E-state index contributed by atoms with van der Waals surface area (Å²) in [6.07, 6.45) is 0. The quantitative estimate of drug-likeness (QED) is 0.550. The molecular formula is C7H15N2. The van der Waals surface area contributed by atoms with Gasteiger partial charge in [0.1, 0.15) is 0 Å². The predicted molar refractivity (Wildman–Crippen MR) is 39.0 cm³/mol. The van der Waals surface area contributed by atoms with Crippen LogP contribution in [0.25, 0.3) is 0 Å². The van der Waals surface area contributed by atoms with Crippen LogP contribution >= 0.6 is 0 Å². The zero-order chi connectivity index (χ0) is 6.69. The molecule has 0 bridgehead atoms. The summed E-state index contributed by atoms with van der Waals surface area (Å²) in [6, 6.07) is 0.684. The first-order chi connectivity index (χ1) is 4.34. The summed E-state index contributed by atoms with van der Waals surface area (Å²) in [4.78, 5) is 2.37. The molecule has 1 N–H and O–H groups in total. The monoisotopic (exact) mass is 127 g/mol. The van der Waals surface area contributed by atoms with Crippen LogP contribution < -0.4 is 5.32 Å². The zero-order valence-electron chi connectivity index (χ0n) is 6.22. The number of nitrogens with zero attached hydrogens (tertiary/aromatic N) is 1. The Balaban J connectivity index is 2.30. The third-order valence-corrected chi connectivity index (χ3v) is 1.88. The van der Waals surface area contributed by atoms with Gasteiger partial charge in [-0.15, -0.1) is 0 Å². The van der Waals surface area contributed by atoms with Gasteiger partial charge < -0.3 is 5.32 Å². The molecule has 2 nitrogen and oxygen atoms in total. The number of hydrogen-bond acceptors (Lipinski definition) is 2. The molecule has 1 rings (SSSR count). The lowest BCUT2D eigenvalue weighted by Gasteiger charge is -2.32. The molecule has 1 atom stereocenters. The van der Waals surface area contributed by atoms with Gasteiger partial charge in [0.2, 0.25) is 0 Å². The van der Waals surface area contributed by atoms with E-state index >= 15 is 0 Å². The summed E-state index contributed by atoms with van der Waals surface area (Å²) in [7, 11) is 0. The van der Waals surface area contributed by atoms with Crippen molar-refractivity contribution in [2.24, 2.45) is 0 Å². The van der Waals surface area contributed by atoms with Crippen LogP contribution in [0.4, 0.5) is 0 Å². The van der Waals surface area contributed by atoms with Gasteiger partial charge in [-0.2, -0.15) is 0 Å². The number of hydrogen-bond donors (Lipinski definition) is 1. The second kappa shape index (κ2) is 3.18. The molecule has 1 unspecified atom stereocenters. The summed E-state index contributed by atoms with van der Waals surface area (Å²) in [5.41, 5.74) is 0. The van der Waals surface area contributed by atoms with Crippen molar-refractivity contribution in [1.29, 1.82) is 0 Å². The Kier molecular flexibility index (Phi) is 2.49. The van der Waals surface area contributed by atoms with Crippen molar-refractivity contribution < 1.29 is 0 Å². The molecule has 9 heavy (non-hydrogen) atoms. The van der Waals surface area contributed by atoms with E-state index in [1.807, 2.05) is 0 Å². The zero-order valence-corrected chi connectivity index (χ0v) is 6.22. The predicted octanol–water partition coefficient (Wildman–Crippen LogP) is 0.462. The average Bonchev–Trinajstić information content (AvgIpc) is 1.89. The average molecular weight is 127 g/mol. The van der Waals surface area contributed by atoms with Gasteiger partial charge in [-0.05, 0) is 13.8 Å². The van der Waals surface area contributed by atoms with Gasteiger partial charge in [0.15, 0.2) is 0 Å². The number of rotatable bonds is 1. The molecule has 1 saturated heterocycles. The first-order valence-corrected chi connectivity index (χ1v) is 3.60. The third kappa shape index (κ3) is 1.66. The van der Waals surface area contributed by atoms with E-state index in [1.165, 1.54) is 0 Å². The van der Waals surface area contributed by atoms with E-state index in [0.29, 0.717) is 6.04 Å². The Morgan fingerprint density at radius 1 is 1.67 bits per heavy atom. The van der Waals surface area contributed by atoms with Gasteiger partial charge in [0, 0.05) is 32.2 Å². The van der Waals surface area contributed by atoms with E-state index < -0.39 is 0 Å². The van der Waals surface area contributed by atoms with Gasteiger partial charge in [-0.1, -0.05) is 0 Å². The van der Waals surface area contributed by atoms with Gasteiger partial charge in [-0.25, -0.2) is 0 Å². The molecule has 0 saturated carbocycles. The maximum atomic E-state index is 3.34. The van der Waals surface area contributed by atoms with Gasteiger partial charge in [0.05, 0.1) is 0 Å². The van der Waals surface area contributed by atoms with Crippen LogP contribution in [-0.2, 0) is 0 Å². The lowest BCUT2D eigenvalue weighted by Crippen LogP contribution is -2.47. The summed E-state index contributed by atoms with van der Waals surface area (Å²) in [5, 5.41) is 3.34. The molecule has 0 spiro atoms. The Morgan fingerprint density at radius 2 is 2.44 bits per heavy atom. The van der Waals surface area contributed by atoms with Crippen molar-refractivity contribution in [2.45, 2.75) is 19.9 Å². The van der Waals surface area contributed by atoms with E-state index in [1.54, 1.807) is 0 Å². The maximum absolute atomic E-state index is 3.34. The Hall–Kier alpha value is -0.0800. The van der Waals surface area contributed by atoms with Crippen LogP contribution in [0.15, 0.2) is 0 Å². The summed E-state index contributed by atoms with van der Waals surface area (Å²) in [5.74, 6) is 0. The first-order valence-electron chi connectivity index (χ1n) is 3.60. The highest BCUT2D eigenvalue weighted by Crippen LogP contribution is 2.02. The van der Waals surface area contributed by atoms with Gasteiger partial charge >= 0.3 is 0 Å². The molecule has 0 aromatic heterocycles. The summed E-state index contributed by atoms with van der Waals surface area (Å²) >= 11 is 0. The standard InChI is InChI=1S/C7H15N2/c1-3-9-5-4-8-6-7(9)2/h3,7-8H,4-6H2,1-2H3. The second-order valence-corrected chi connectivity index (χ2v) is 2.55. The van der Waals surface area contributed by atoms with Crippen LogP contribution in [-0.4, -0.2) is 30.6 Å². The van der Waals surface area contributed by atoms with Gasteiger partial charge in [0.25, 0.3) is 0 Å². The van der Waals surface area contributed by atoms with E-state index in [4.69, 9.17) is 0 Å². The molecule has 1 radical (unpaired) electrons. The molecule has 1 heterocycles. The molecule has 0 aromatic carbocycles. The molecule has 1 aliphatic heterocycles. The topological polar surface area (TPSA) is 15.3 Å². The maximum Gasteiger partial charge on any atom is 0.0224 e. The van der Waals surface area contributed by atoms with Crippen molar-refractivity contribution in [3.63, 3.8) is 0 Å². The number of piperazine rings is 1. The molecule has 53 valence electrons. The fraction of sp³-hybridized carbons (Fsp3) is 0.857. The Bertz CT molecular complexity index is 83.0. The minimum absolute atomic E-state index is 0.684. The van der Waals surface area contributed by atoms with Crippen molar-refractivity contribution in [1.82, 2.24) is 10.2 Å². The molecule has 0 aromatic rings. The summed E-state index contributed by atoms with van der Waals surface area (Å²) < 4.78 is 0. The van der Waals surface area contributed by atoms with Crippen LogP contribution in [0.1, 0.15) is 13.8 Å². The lowest BCUT2D eigenvalue weighted by atomic mass is 10.2. The SMILES string of the molecule is C[CH]N1CCNCC1C. The minimum Gasteiger partial charge on any atom is -0.314 e. The van der Waals surface area contributed by atoms with Crippen LogP contribution in [0, 0.1) is 6.54 Å². The van der Waals surface area contributed by atoms with Crippen molar-refractivity contribution in [2.75, 3.05) is 19.6 Å². The highest BCUT2D eigenvalue weighted by molar-refractivity contribution is 4.78. The summed E-state index contributed by atoms with van der Waals surface area (Å²) in [6.45, 7) is 9.94. The normalized spacial score (nSPS) is 30.7. The highest BCUT2D eigenvalue weighted by Gasteiger charge is 2.14. The lowest BCUT2D eigenvalue weighted by molar-refractivity contribution is 0.218. The Labute approximate surface area is 57.2 Å². The molecule has 1 aliphatic rings. The van der Waals surface area contributed by atoms with Crippen LogP contribution in [0.5, 0.6) is 0 Å².